The average Bonchev–Trinajstić information content (AvgIpc) is 2.35. The summed E-state index contributed by atoms with van der Waals surface area (Å²) in [6.07, 6.45) is 1.76. The SMILES string of the molecule is COc1cc(Br)ccc1C(=O)NC(C)CCCCl. The van der Waals surface area contributed by atoms with Crippen LogP contribution in [0.4, 0.5) is 0 Å². The fourth-order valence-corrected chi connectivity index (χ4v) is 2.10. The highest BCUT2D eigenvalue weighted by Crippen LogP contribution is 2.23. The number of benzene rings is 1. The van der Waals surface area contributed by atoms with Gasteiger partial charge in [-0.25, -0.2) is 0 Å². The van der Waals surface area contributed by atoms with Crippen molar-refractivity contribution in [1.29, 1.82) is 0 Å². The minimum Gasteiger partial charge on any atom is -0.496 e. The third-order valence-electron chi connectivity index (χ3n) is 2.56. The van der Waals surface area contributed by atoms with Crippen molar-refractivity contribution in [3.05, 3.63) is 28.2 Å². The third-order valence-corrected chi connectivity index (χ3v) is 3.32. The zero-order chi connectivity index (χ0) is 13.5. The number of carbonyl (C=O) groups excluding carboxylic acids is 1. The molecule has 1 N–H and O–H groups in total. The minimum atomic E-state index is -0.124. The number of hydrogen-bond donors (Lipinski definition) is 1. The quantitative estimate of drug-likeness (QED) is 0.807. The monoisotopic (exact) mass is 333 g/mol. The van der Waals surface area contributed by atoms with Crippen molar-refractivity contribution in [2.24, 2.45) is 0 Å². The van der Waals surface area contributed by atoms with Gasteiger partial charge in [-0.3, -0.25) is 4.79 Å². The maximum Gasteiger partial charge on any atom is 0.255 e. The molecule has 0 aliphatic carbocycles. The molecule has 1 atom stereocenters. The molecule has 0 saturated carbocycles. The number of amides is 1. The molecule has 0 aliphatic heterocycles. The number of alkyl halides is 1. The molecule has 0 fully saturated rings. The van der Waals surface area contributed by atoms with E-state index >= 15 is 0 Å². The van der Waals surface area contributed by atoms with Crippen LogP contribution in [-0.4, -0.2) is 24.9 Å². The van der Waals surface area contributed by atoms with Crippen LogP contribution >= 0.6 is 27.5 Å². The van der Waals surface area contributed by atoms with E-state index in [-0.39, 0.29) is 11.9 Å². The second-order valence-electron chi connectivity index (χ2n) is 4.05. The first-order valence-corrected chi connectivity index (χ1v) is 7.11. The molecule has 0 heterocycles. The highest BCUT2D eigenvalue weighted by molar-refractivity contribution is 9.10. The van der Waals surface area contributed by atoms with Gasteiger partial charge in [-0.2, -0.15) is 0 Å². The second-order valence-corrected chi connectivity index (χ2v) is 5.34. The van der Waals surface area contributed by atoms with Gasteiger partial charge in [0.2, 0.25) is 0 Å². The van der Waals surface area contributed by atoms with Crippen molar-refractivity contribution in [3.8, 4) is 5.75 Å². The first-order chi connectivity index (χ1) is 8.58. The van der Waals surface area contributed by atoms with Crippen LogP contribution in [0, 0.1) is 0 Å². The fourth-order valence-electron chi connectivity index (χ4n) is 1.61. The Bertz CT molecular complexity index is 412. The summed E-state index contributed by atoms with van der Waals surface area (Å²) in [4.78, 5) is 12.1. The highest BCUT2D eigenvalue weighted by Gasteiger charge is 2.14. The van der Waals surface area contributed by atoms with Crippen molar-refractivity contribution in [3.63, 3.8) is 0 Å². The summed E-state index contributed by atoms with van der Waals surface area (Å²) in [5.74, 6) is 1.05. The first kappa shape index (κ1) is 15.3. The molecule has 1 amide bonds. The van der Waals surface area contributed by atoms with Gasteiger partial charge >= 0.3 is 0 Å². The maximum atomic E-state index is 12.1. The van der Waals surface area contributed by atoms with Crippen molar-refractivity contribution in [2.75, 3.05) is 13.0 Å². The summed E-state index contributed by atoms with van der Waals surface area (Å²) in [5, 5.41) is 2.93. The Morgan fingerprint density at radius 2 is 2.28 bits per heavy atom. The number of ether oxygens (including phenoxy) is 1. The summed E-state index contributed by atoms with van der Waals surface area (Å²) in [6, 6.07) is 5.44. The van der Waals surface area contributed by atoms with E-state index in [0.29, 0.717) is 17.2 Å². The van der Waals surface area contributed by atoms with Crippen molar-refractivity contribution in [2.45, 2.75) is 25.8 Å². The lowest BCUT2D eigenvalue weighted by atomic mass is 10.1. The van der Waals surface area contributed by atoms with Gasteiger partial charge in [0.1, 0.15) is 5.75 Å². The molecule has 1 aromatic rings. The fraction of sp³-hybridized carbons (Fsp3) is 0.462. The summed E-state index contributed by atoms with van der Waals surface area (Å²) < 4.78 is 6.08. The number of rotatable bonds is 6. The van der Waals surface area contributed by atoms with Crippen LogP contribution in [0.5, 0.6) is 5.75 Å². The Morgan fingerprint density at radius 3 is 2.89 bits per heavy atom. The maximum absolute atomic E-state index is 12.1. The third kappa shape index (κ3) is 4.50. The van der Waals surface area contributed by atoms with Crippen LogP contribution in [0.3, 0.4) is 0 Å². The largest absolute Gasteiger partial charge is 0.496 e. The first-order valence-electron chi connectivity index (χ1n) is 5.79. The van der Waals surface area contributed by atoms with Crippen molar-refractivity contribution in [1.82, 2.24) is 5.32 Å². The van der Waals surface area contributed by atoms with Gasteiger partial charge < -0.3 is 10.1 Å². The van der Waals surface area contributed by atoms with Crippen LogP contribution in [0.15, 0.2) is 22.7 Å². The second kappa shape index (κ2) is 7.64. The Labute approximate surface area is 121 Å². The molecular weight excluding hydrogens is 318 g/mol. The number of halogens is 2. The van der Waals surface area contributed by atoms with Gasteiger partial charge in [-0.05, 0) is 38.0 Å². The van der Waals surface area contributed by atoms with E-state index in [1.165, 1.54) is 0 Å². The molecule has 0 saturated heterocycles. The summed E-state index contributed by atoms with van der Waals surface area (Å²) in [6.45, 7) is 1.97. The molecule has 0 spiro atoms. The summed E-state index contributed by atoms with van der Waals surface area (Å²) >= 11 is 8.97. The van der Waals surface area contributed by atoms with Gasteiger partial charge in [-0.1, -0.05) is 15.9 Å². The van der Waals surface area contributed by atoms with Crippen LogP contribution in [0.1, 0.15) is 30.1 Å². The molecule has 0 aromatic heterocycles. The summed E-state index contributed by atoms with van der Waals surface area (Å²) in [7, 11) is 1.55. The van der Waals surface area contributed by atoms with E-state index in [2.05, 4.69) is 21.2 Å². The molecular formula is C13H17BrClNO2. The van der Waals surface area contributed by atoms with Crippen LogP contribution in [0.2, 0.25) is 0 Å². The van der Waals surface area contributed by atoms with Crippen LogP contribution in [-0.2, 0) is 0 Å². The smallest absolute Gasteiger partial charge is 0.255 e. The highest BCUT2D eigenvalue weighted by atomic mass is 79.9. The molecule has 18 heavy (non-hydrogen) atoms. The van der Waals surface area contributed by atoms with Crippen molar-refractivity contribution >= 4 is 33.4 Å². The van der Waals surface area contributed by atoms with E-state index in [0.717, 1.165) is 17.3 Å². The number of hydrogen-bond acceptors (Lipinski definition) is 2. The van der Waals surface area contributed by atoms with E-state index in [1.54, 1.807) is 19.2 Å². The molecule has 1 rings (SSSR count). The van der Waals surface area contributed by atoms with Gasteiger partial charge in [0, 0.05) is 16.4 Å². The normalized spacial score (nSPS) is 12.0. The zero-order valence-electron chi connectivity index (χ0n) is 10.5. The van der Waals surface area contributed by atoms with E-state index in [4.69, 9.17) is 16.3 Å². The lowest BCUT2D eigenvalue weighted by Gasteiger charge is -2.15. The molecule has 0 radical (unpaired) electrons. The summed E-state index contributed by atoms with van der Waals surface area (Å²) in [5.41, 5.74) is 0.540. The molecule has 3 nitrogen and oxygen atoms in total. The Morgan fingerprint density at radius 1 is 1.56 bits per heavy atom. The van der Waals surface area contributed by atoms with Gasteiger partial charge in [-0.15, -0.1) is 11.6 Å². The van der Waals surface area contributed by atoms with Crippen LogP contribution in [0.25, 0.3) is 0 Å². The standard InChI is InChI=1S/C13H17BrClNO2/c1-9(4-3-7-15)16-13(17)11-6-5-10(14)8-12(11)18-2/h5-6,8-9H,3-4,7H2,1-2H3,(H,16,17). The number of carbonyl (C=O) groups is 1. The Balaban J connectivity index is 2.72. The molecule has 1 aromatic carbocycles. The topological polar surface area (TPSA) is 38.3 Å². The van der Waals surface area contributed by atoms with Gasteiger partial charge in [0.05, 0.1) is 12.7 Å². The van der Waals surface area contributed by atoms with E-state index < -0.39 is 0 Å². The number of methoxy groups -OCH3 is 1. The Kier molecular flexibility index (Phi) is 6.50. The lowest BCUT2D eigenvalue weighted by molar-refractivity contribution is 0.0935. The lowest BCUT2D eigenvalue weighted by Crippen LogP contribution is -2.32. The molecule has 100 valence electrons. The molecule has 0 bridgehead atoms. The van der Waals surface area contributed by atoms with E-state index in [1.807, 2.05) is 13.0 Å². The van der Waals surface area contributed by atoms with Crippen molar-refractivity contribution < 1.29 is 9.53 Å². The van der Waals surface area contributed by atoms with Gasteiger partial charge in [0.25, 0.3) is 5.91 Å². The zero-order valence-corrected chi connectivity index (χ0v) is 12.8. The van der Waals surface area contributed by atoms with E-state index in [9.17, 15) is 4.79 Å². The molecule has 1 unspecified atom stereocenters. The number of nitrogens with one attached hydrogen (secondary N) is 1. The molecule has 0 aliphatic rings. The predicted molar refractivity (Wildman–Crippen MR) is 77.6 cm³/mol. The average molecular weight is 335 g/mol. The molecule has 5 heteroatoms. The minimum absolute atomic E-state index is 0.101. The predicted octanol–water partition coefficient (Wildman–Crippen LogP) is 3.60. The van der Waals surface area contributed by atoms with Crippen LogP contribution < -0.4 is 10.1 Å². The Hall–Kier alpha value is -0.740. The van der Waals surface area contributed by atoms with Gasteiger partial charge in [0.15, 0.2) is 0 Å².